The summed E-state index contributed by atoms with van der Waals surface area (Å²) in [5.74, 6) is -1.35. The average Bonchev–Trinajstić information content (AvgIpc) is 3.33. The normalized spacial score (nSPS) is 10.8. The molecular weight excluding hydrogens is 440 g/mol. The number of benzene rings is 4. The molecule has 0 unspecified atom stereocenters. The molecule has 5 aromatic rings. The van der Waals surface area contributed by atoms with E-state index in [4.69, 9.17) is 9.47 Å². The third kappa shape index (κ3) is 3.95. The van der Waals surface area contributed by atoms with Crippen molar-refractivity contribution in [1.82, 2.24) is 9.78 Å². The Kier molecular flexibility index (Phi) is 5.85. The highest BCUT2D eigenvalue weighted by molar-refractivity contribution is 6.07. The highest BCUT2D eigenvalue weighted by atomic mass is 16.5. The molecular formula is C29H22N2O4. The molecule has 0 aliphatic heterocycles. The van der Waals surface area contributed by atoms with Crippen molar-refractivity contribution < 1.29 is 19.1 Å². The summed E-state index contributed by atoms with van der Waals surface area (Å²) in [6.07, 6.45) is 0. The summed E-state index contributed by atoms with van der Waals surface area (Å²) >= 11 is 0. The first-order valence-electron chi connectivity index (χ1n) is 11.1. The van der Waals surface area contributed by atoms with E-state index in [0.717, 1.165) is 21.9 Å². The van der Waals surface area contributed by atoms with Gasteiger partial charge >= 0.3 is 11.9 Å². The predicted molar refractivity (Wildman–Crippen MR) is 135 cm³/mol. The summed E-state index contributed by atoms with van der Waals surface area (Å²) in [5, 5.41) is 6.97. The van der Waals surface area contributed by atoms with E-state index in [9.17, 15) is 9.59 Å². The summed E-state index contributed by atoms with van der Waals surface area (Å²) in [7, 11) is 2.54. The minimum Gasteiger partial charge on any atom is -0.465 e. The van der Waals surface area contributed by atoms with Crippen molar-refractivity contribution in [3.8, 4) is 28.1 Å². The molecule has 0 amide bonds. The van der Waals surface area contributed by atoms with Crippen molar-refractivity contribution in [2.75, 3.05) is 14.2 Å². The first-order chi connectivity index (χ1) is 17.1. The van der Waals surface area contributed by atoms with E-state index in [2.05, 4.69) is 29.4 Å². The molecule has 172 valence electrons. The number of carbonyl (C=O) groups is 2. The molecule has 0 N–H and O–H groups in total. The summed E-state index contributed by atoms with van der Waals surface area (Å²) in [6.45, 7) is 0. The van der Waals surface area contributed by atoms with Gasteiger partial charge in [0.15, 0.2) is 5.69 Å². The first-order valence-corrected chi connectivity index (χ1v) is 11.1. The lowest BCUT2D eigenvalue weighted by molar-refractivity contribution is 0.0549. The number of methoxy groups -OCH3 is 2. The van der Waals surface area contributed by atoms with Crippen LogP contribution >= 0.6 is 0 Å². The van der Waals surface area contributed by atoms with Crippen LogP contribution < -0.4 is 0 Å². The molecule has 0 bridgehead atoms. The molecule has 5 rings (SSSR count). The van der Waals surface area contributed by atoms with E-state index in [0.29, 0.717) is 16.9 Å². The van der Waals surface area contributed by atoms with Crippen LogP contribution in [0.5, 0.6) is 0 Å². The van der Waals surface area contributed by atoms with Crippen LogP contribution in [0.3, 0.4) is 0 Å². The zero-order valence-corrected chi connectivity index (χ0v) is 19.3. The van der Waals surface area contributed by atoms with Crippen LogP contribution in [0.2, 0.25) is 0 Å². The Bertz CT molecular complexity index is 1530. The minimum atomic E-state index is -0.680. The number of esters is 2. The fourth-order valence-corrected chi connectivity index (χ4v) is 4.24. The maximum Gasteiger partial charge on any atom is 0.357 e. The number of nitrogens with zero attached hydrogens (tertiary/aromatic N) is 2. The second-order valence-electron chi connectivity index (χ2n) is 7.91. The van der Waals surface area contributed by atoms with Crippen molar-refractivity contribution in [2.24, 2.45) is 0 Å². The van der Waals surface area contributed by atoms with Gasteiger partial charge in [0.25, 0.3) is 0 Å². The highest BCUT2D eigenvalue weighted by Crippen LogP contribution is 2.33. The lowest BCUT2D eigenvalue weighted by atomic mass is 9.96. The van der Waals surface area contributed by atoms with E-state index in [1.54, 1.807) is 12.1 Å². The van der Waals surface area contributed by atoms with Gasteiger partial charge in [-0.15, -0.1) is 0 Å². The van der Waals surface area contributed by atoms with Crippen LogP contribution in [0.4, 0.5) is 0 Å². The van der Waals surface area contributed by atoms with Crippen LogP contribution in [0.15, 0.2) is 97.1 Å². The Morgan fingerprint density at radius 2 is 1.31 bits per heavy atom. The molecule has 0 aliphatic rings. The molecule has 0 aliphatic carbocycles. The maximum absolute atomic E-state index is 12.8. The summed E-state index contributed by atoms with van der Waals surface area (Å²) in [5.41, 5.74) is 3.84. The summed E-state index contributed by atoms with van der Waals surface area (Å²) < 4.78 is 11.4. The van der Waals surface area contributed by atoms with Crippen molar-refractivity contribution in [2.45, 2.75) is 0 Å². The molecule has 35 heavy (non-hydrogen) atoms. The Morgan fingerprint density at radius 1 is 0.686 bits per heavy atom. The van der Waals surface area contributed by atoms with E-state index < -0.39 is 11.9 Å². The maximum atomic E-state index is 12.8. The predicted octanol–water partition coefficient (Wildman–Crippen LogP) is 5.93. The van der Waals surface area contributed by atoms with Gasteiger partial charge in [0, 0.05) is 5.56 Å². The number of hydrogen-bond donors (Lipinski definition) is 0. The van der Waals surface area contributed by atoms with Gasteiger partial charge in [-0.3, -0.25) is 0 Å². The van der Waals surface area contributed by atoms with Gasteiger partial charge in [-0.25, -0.2) is 14.3 Å². The number of para-hydroxylation sites is 1. The molecule has 0 saturated heterocycles. The number of aromatic nitrogens is 2. The van der Waals surface area contributed by atoms with Crippen molar-refractivity contribution >= 4 is 22.7 Å². The van der Waals surface area contributed by atoms with E-state index in [1.807, 2.05) is 60.7 Å². The highest BCUT2D eigenvalue weighted by Gasteiger charge is 2.31. The minimum absolute atomic E-state index is 0.0127. The second-order valence-corrected chi connectivity index (χ2v) is 7.91. The zero-order valence-electron chi connectivity index (χ0n) is 19.3. The standard InChI is InChI=1S/C29H22N2O4/c1-34-28(32)25-26(30-31(27(25)29(33)35-2)22-11-4-3-5-12-22)21-17-15-20(16-18-21)24-14-8-10-19-9-6-7-13-23(19)24/h3-18H,1-2H3. The van der Waals surface area contributed by atoms with E-state index in [1.165, 1.54) is 18.9 Å². The van der Waals surface area contributed by atoms with Gasteiger partial charge in [-0.05, 0) is 34.0 Å². The first kappa shape index (κ1) is 22.1. The lowest BCUT2D eigenvalue weighted by Gasteiger charge is -2.08. The van der Waals surface area contributed by atoms with Gasteiger partial charge in [0.2, 0.25) is 0 Å². The Morgan fingerprint density at radius 3 is 2.03 bits per heavy atom. The van der Waals surface area contributed by atoms with Crippen LogP contribution in [-0.4, -0.2) is 35.9 Å². The lowest BCUT2D eigenvalue weighted by Crippen LogP contribution is -2.15. The molecule has 0 saturated carbocycles. The Labute approximate surface area is 202 Å². The van der Waals surface area contributed by atoms with Gasteiger partial charge < -0.3 is 9.47 Å². The zero-order chi connectivity index (χ0) is 24.4. The largest absolute Gasteiger partial charge is 0.465 e. The third-order valence-corrected chi connectivity index (χ3v) is 5.91. The van der Waals surface area contributed by atoms with Gasteiger partial charge in [0.05, 0.1) is 19.9 Å². The Hall–Kier alpha value is -4.71. The van der Waals surface area contributed by atoms with Crippen molar-refractivity contribution in [3.63, 3.8) is 0 Å². The average molecular weight is 463 g/mol. The van der Waals surface area contributed by atoms with E-state index >= 15 is 0 Å². The number of rotatable bonds is 5. The molecule has 1 heterocycles. The summed E-state index contributed by atoms with van der Waals surface area (Å²) in [4.78, 5) is 25.6. The topological polar surface area (TPSA) is 70.4 Å². The number of fused-ring (bicyclic) bond motifs is 1. The smallest absolute Gasteiger partial charge is 0.357 e. The Balaban J connectivity index is 1.67. The van der Waals surface area contributed by atoms with Gasteiger partial charge in [-0.2, -0.15) is 5.10 Å². The molecule has 0 radical (unpaired) electrons. The SMILES string of the molecule is COC(=O)c1c(-c2ccc(-c3cccc4ccccc34)cc2)nn(-c2ccccc2)c1C(=O)OC. The van der Waals surface area contributed by atoms with Gasteiger partial charge in [-0.1, -0.05) is 84.9 Å². The van der Waals surface area contributed by atoms with Crippen LogP contribution in [-0.2, 0) is 9.47 Å². The monoisotopic (exact) mass is 462 g/mol. The summed E-state index contributed by atoms with van der Waals surface area (Å²) in [6, 6.07) is 31.3. The molecule has 4 aromatic carbocycles. The molecule has 6 heteroatoms. The van der Waals surface area contributed by atoms with Gasteiger partial charge in [0.1, 0.15) is 11.3 Å². The molecule has 6 nitrogen and oxygen atoms in total. The van der Waals surface area contributed by atoms with Crippen LogP contribution in [0.25, 0.3) is 38.8 Å². The molecule has 0 fully saturated rings. The second kappa shape index (κ2) is 9.27. The van der Waals surface area contributed by atoms with Crippen molar-refractivity contribution in [1.29, 1.82) is 0 Å². The quantitative estimate of drug-likeness (QED) is 0.303. The van der Waals surface area contributed by atoms with Crippen LogP contribution in [0, 0.1) is 0 Å². The van der Waals surface area contributed by atoms with Crippen LogP contribution in [0.1, 0.15) is 20.8 Å². The number of hydrogen-bond acceptors (Lipinski definition) is 5. The van der Waals surface area contributed by atoms with Crippen molar-refractivity contribution in [3.05, 3.63) is 108 Å². The number of ether oxygens (including phenoxy) is 2. The molecule has 0 spiro atoms. The fourth-order valence-electron chi connectivity index (χ4n) is 4.24. The molecule has 1 aromatic heterocycles. The fraction of sp³-hybridized carbons (Fsp3) is 0.0690. The van der Waals surface area contributed by atoms with E-state index in [-0.39, 0.29) is 11.3 Å². The third-order valence-electron chi connectivity index (χ3n) is 5.91. The molecule has 0 atom stereocenters. The number of carbonyl (C=O) groups excluding carboxylic acids is 2.